The van der Waals surface area contributed by atoms with Crippen LogP contribution in [0.5, 0.6) is 0 Å². The van der Waals surface area contributed by atoms with Crippen molar-refractivity contribution in [3.05, 3.63) is 47.2 Å². The summed E-state index contributed by atoms with van der Waals surface area (Å²) in [7, 11) is 0. The van der Waals surface area contributed by atoms with E-state index in [9.17, 15) is 4.79 Å². The van der Waals surface area contributed by atoms with E-state index in [4.69, 9.17) is 0 Å². The van der Waals surface area contributed by atoms with Crippen LogP contribution in [0.2, 0.25) is 0 Å². The highest BCUT2D eigenvalue weighted by Gasteiger charge is 2.23. The Hall–Kier alpha value is -2.61. The summed E-state index contributed by atoms with van der Waals surface area (Å²) in [5.41, 5.74) is 0.707. The second kappa shape index (κ2) is 6.12. The van der Waals surface area contributed by atoms with E-state index >= 15 is 0 Å². The van der Waals surface area contributed by atoms with Gasteiger partial charge in [0.15, 0.2) is 10.8 Å². The van der Waals surface area contributed by atoms with Gasteiger partial charge in [-0.25, -0.2) is 19.9 Å². The van der Waals surface area contributed by atoms with Gasteiger partial charge in [-0.3, -0.25) is 4.79 Å². The third-order valence-electron chi connectivity index (χ3n) is 4.03. The van der Waals surface area contributed by atoms with E-state index < -0.39 is 0 Å². The van der Waals surface area contributed by atoms with Gasteiger partial charge in [0.1, 0.15) is 10.7 Å². The van der Waals surface area contributed by atoms with Crippen LogP contribution in [0.4, 0.5) is 0 Å². The minimum absolute atomic E-state index is 0.0826. The van der Waals surface area contributed by atoms with Crippen molar-refractivity contribution in [2.75, 3.05) is 0 Å². The highest BCUT2D eigenvalue weighted by atomic mass is 32.1. The summed E-state index contributed by atoms with van der Waals surface area (Å²) in [5, 5.41) is 3.78. The van der Waals surface area contributed by atoms with Gasteiger partial charge in [0.2, 0.25) is 0 Å². The topological polar surface area (TPSA) is 85.6 Å². The maximum absolute atomic E-state index is 12.6. The second-order valence-corrected chi connectivity index (χ2v) is 6.71. The third-order valence-corrected chi connectivity index (χ3v) is 5.18. The van der Waals surface area contributed by atoms with E-state index in [1.54, 1.807) is 24.7 Å². The summed E-state index contributed by atoms with van der Waals surface area (Å²) >= 11 is 1.33. The largest absolute Gasteiger partial charge is 0.347 e. The molecule has 0 spiro atoms. The van der Waals surface area contributed by atoms with Crippen LogP contribution in [-0.4, -0.2) is 36.5 Å². The first-order valence-electron chi connectivity index (χ1n) is 7.76. The van der Waals surface area contributed by atoms with Crippen LogP contribution in [0.25, 0.3) is 10.8 Å². The van der Waals surface area contributed by atoms with Crippen LogP contribution in [0, 0.1) is 6.92 Å². The fourth-order valence-corrected chi connectivity index (χ4v) is 3.77. The lowest BCUT2D eigenvalue weighted by Gasteiger charge is -2.24. The number of hydrogen-bond acceptors (Lipinski definition) is 6. The molecule has 3 aromatic rings. The van der Waals surface area contributed by atoms with Gasteiger partial charge < -0.3 is 9.88 Å². The molecule has 0 saturated heterocycles. The first kappa shape index (κ1) is 14.9. The number of nitrogens with zero attached hydrogens (tertiary/aromatic N) is 5. The molecule has 0 aromatic carbocycles. The molecule has 3 aromatic heterocycles. The van der Waals surface area contributed by atoms with E-state index in [2.05, 4.69) is 29.8 Å². The van der Waals surface area contributed by atoms with Gasteiger partial charge in [0, 0.05) is 43.8 Å². The van der Waals surface area contributed by atoms with Gasteiger partial charge in [-0.05, 0) is 19.4 Å². The van der Waals surface area contributed by atoms with Crippen molar-refractivity contribution in [1.29, 1.82) is 0 Å². The SMILES string of the molecule is Cc1nc(-c2ncccn2)sc1C(=O)N[C@@H]1CCc2nccn2C1. The number of aromatic nitrogens is 5. The first-order valence-corrected chi connectivity index (χ1v) is 8.58. The highest BCUT2D eigenvalue weighted by Crippen LogP contribution is 2.25. The Morgan fingerprint density at radius 2 is 2.12 bits per heavy atom. The van der Waals surface area contributed by atoms with Crippen molar-refractivity contribution < 1.29 is 4.79 Å². The molecule has 0 aliphatic carbocycles. The molecule has 7 nitrogen and oxygen atoms in total. The van der Waals surface area contributed by atoms with Gasteiger partial charge in [-0.1, -0.05) is 0 Å². The summed E-state index contributed by atoms with van der Waals surface area (Å²) < 4.78 is 2.09. The van der Waals surface area contributed by atoms with Crippen LogP contribution in [-0.2, 0) is 13.0 Å². The summed E-state index contributed by atoms with van der Waals surface area (Å²) in [6, 6.07) is 1.86. The van der Waals surface area contributed by atoms with Crippen LogP contribution in [0.3, 0.4) is 0 Å². The molecule has 0 fully saturated rings. The maximum atomic E-state index is 12.6. The number of carbonyl (C=O) groups is 1. The standard InChI is InChI=1S/C16H16N6OS/c1-10-13(24-16(20-10)14-18-5-2-6-19-14)15(23)21-11-3-4-12-17-7-8-22(12)9-11/h2,5-8,11H,3-4,9H2,1H3,(H,21,23)/t11-/m1/s1. The quantitative estimate of drug-likeness (QED) is 0.786. The molecule has 8 heteroatoms. The lowest BCUT2D eigenvalue weighted by Crippen LogP contribution is -2.40. The minimum atomic E-state index is -0.0826. The van der Waals surface area contributed by atoms with Crippen LogP contribution in [0.1, 0.15) is 27.6 Å². The monoisotopic (exact) mass is 340 g/mol. The fraction of sp³-hybridized carbons (Fsp3) is 0.312. The van der Waals surface area contributed by atoms with Gasteiger partial charge in [0.25, 0.3) is 5.91 Å². The number of thiazole rings is 1. The number of hydrogen-bond donors (Lipinski definition) is 1. The molecule has 0 bridgehead atoms. The Morgan fingerprint density at radius 3 is 2.96 bits per heavy atom. The Balaban J connectivity index is 1.50. The van der Waals surface area contributed by atoms with Crippen molar-refractivity contribution in [2.45, 2.75) is 32.4 Å². The summed E-state index contributed by atoms with van der Waals surface area (Å²) in [5.74, 6) is 1.55. The molecule has 1 N–H and O–H groups in total. The van der Waals surface area contributed by atoms with E-state index in [0.29, 0.717) is 21.4 Å². The number of fused-ring (bicyclic) bond motifs is 1. The van der Waals surface area contributed by atoms with Crippen molar-refractivity contribution in [2.24, 2.45) is 0 Å². The van der Waals surface area contributed by atoms with Crippen LogP contribution < -0.4 is 5.32 Å². The number of aryl methyl sites for hydroxylation is 2. The molecule has 4 heterocycles. The zero-order valence-electron chi connectivity index (χ0n) is 13.1. The van der Waals surface area contributed by atoms with Crippen LogP contribution >= 0.6 is 11.3 Å². The Bertz CT molecular complexity index is 872. The molecule has 122 valence electrons. The third kappa shape index (κ3) is 2.80. The van der Waals surface area contributed by atoms with Crippen LogP contribution in [0.15, 0.2) is 30.9 Å². The molecule has 1 amide bonds. The van der Waals surface area contributed by atoms with Gasteiger partial charge in [0.05, 0.1) is 5.69 Å². The zero-order valence-corrected chi connectivity index (χ0v) is 14.0. The molecule has 0 unspecified atom stereocenters. The molecule has 0 radical (unpaired) electrons. The summed E-state index contributed by atoms with van der Waals surface area (Å²) in [6.45, 7) is 2.60. The molecule has 4 rings (SSSR count). The Morgan fingerprint density at radius 1 is 1.29 bits per heavy atom. The minimum Gasteiger partial charge on any atom is -0.347 e. The van der Waals surface area contributed by atoms with E-state index in [1.165, 1.54) is 11.3 Å². The Kier molecular flexibility index (Phi) is 3.81. The van der Waals surface area contributed by atoms with E-state index in [0.717, 1.165) is 25.2 Å². The van der Waals surface area contributed by atoms with Crippen molar-refractivity contribution in [3.8, 4) is 10.8 Å². The molecule has 1 atom stereocenters. The Labute approximate surface area is 142 Å². The fourth-order valence-electron chi connectivity index (χ4n) is 2.85. The number of amides is 1. The van der Waals surface area contributed by atoms with Gasteiger partial charge in [-0.15, -0.1) is 11.3 Å². The zero-order chi connectivity index (χ0) is 16.5. The molecule has 0 saturated carbocycles. The predicted octanol–water partition coefficient (Wildman–Crippen LogP) is 1.85. The number of rotatable bonds is 3. The van der Waals surface area contributed by atoms with Crippen molar-refractivity contribution in [3.63, 3.8) is 0 Å². The van der Waals surface area contributed by atoms with Gasteiger partial charge >= 0.3 is 0 Å². The normalized spacial score (nSPS) is 16.6. The molecule has 1 aliphatic rings. The second-order valence-electron chi connectivity index (χ2n) is 5.71. The van der Waals surface area contributed by atoms with Gasteiger partial charge in [-0.2, -0.15) is 0 Å². The van der Waals surface area contributed by atoms with E-state index in [-0.39, 0.29) is 11.9 Å². The van der Waals surface area contributed by atoms with Crippen molar-refractivity contribution >= 4 is 17.2 Å². The smallest absolute Gasteiger partial charge is 0.263 e. The summed E-state index contributed by atoms with van der Waals surface area (Å²) in [6.07, 6.45) is 8.88. The molecular formula is C16H16N6OS. The lowest BCUT2D eigenvalue weighted by atomic mass is 10.1. The van der Waals surface area contributed by atoms with E-state index in [1.807, 2.05) is 13.1 Å². The van der Waals surface area contributed by atoms with Crippen molar-refractivity contribution in [1.82, 2.24) is 29.8 Å². The maximum Gasteiger partial charge on any atom is 0.263 e. The molecule has 1 aliphatic heterocycles. The number of carbonyl (C=O) groups excluding carboxylic acids is 1. The summed E-state index contributed by atoms with van der Waals surface area (Å²) in [4.78, 5) is 30.4. The number of imidazole rings is 1. The molecular weight excluding hydrogens is 324 g/mol. The average Bonchev–Trinajstić information content (AvgIpc) is 3.21. The highest BCUT2D eigenvalue weighted by molar-refractivity contribution is 7.17. The molecule has 24 heavy (non-hydrogen) atoms. The number of nitrogens with one attached hydrogen (secondary N) is 1. The predicted molar refractivity (Wildman–Crippen MR) is 89.7 cm³/mol. The lowest BCUT2D eigenvalue weighted by molar-refractivity contribution is 0.0931. The average molecular weight is 340 g/mol. The first-order chi connectivity index (χ1) is 11.7.